The Labute approximate surface area is 160 Å². The molecule has 2 aromatic rings. The molecule has 0 heterocycles. The molecule has 2 aromatic carbocycles. The first-order chi connectivity index (χ1) is 13.1. The number of hydrogen-bond acceptors (Lipinski definition) is 2. The lowest BCUT2D eigenvalue weighted by Gasteiger charge is -2.22. The Balaban J connectivity index is 1.66. The van der Waals surface area contributed by atoms with Crippen LogP contribution in [-0.4, -0.2) is 19.3 Å². The molecule has 0 fully saturated rings. The molecule has 28 heavy (non-hydrogen) atoms. The summed E-state index contributed by atoms with van der Waals surface area (Å²) in [7, 11) is 0. The first kappa shape index (κ1) is 20.6. The number of hydrogen-bond donors (Lipinski definition) is 1. The van der Waals surface area contributed by atoms with Gasteiger partial charge in [0.15, 0.2) is 6.61 Å². The standard InChI is InChI=1S/C21H22F5NO/c1-14-5-8-18(19(9-14)28-13-21(24,25)26)20(22,23)12-27-11-15-6-7-16-3-2-4-17(16)10-15/h5-10,27H,2-4,11-13H2,1H3. The van der Waals surface area contributed by atoms with Crippen LogP contribution < -0.4 is 10.1 Å². The minimum absolute atomic E-state index is 0.257. The molecule has 3 rings (SSSR count). The largest absolute Gasteiger partial charge is 0.484 e. The van der Waals surface area contributed by atoms with E-state index in [2.05, 4.69) is 10.1 Å². The highest BCUT2D eigenvalue weighted by atomic mass is 19.4. The zero-order valence-electron chi connectivity index (χ0n) is 15.5. The van der Waals surface area contributed by atoms with Crippen LogP contribution in [0.3, 0.4) is 0 Å². The average molecular weight is 399 g/mol. The fraction of sp³-hybridized carbons (Fsp3) is 0.429. The summed E-state index contributed by atoms with van der Waals surface area (Å²) >= 11 is 0. The van der Waals surface area contributed by atoms with Gasteiger partial charge in [-0.2, -0.15) is 22.0 Å². The quantitative estimate of drug-likeness (QED) is 0.638. The van der Waals surface area contributed by atoms with Crippen molar-refractivity contribution in [2.45, 2.75) is 44.8 Å². The van der Waals surface area contributed by atoms with E-state index in [1.165, 1.54) is 23.3 Å². The van der Waals surface area contributed by atoms with E-state index in [1.54, 1.807) is 6.92 Å². The predicted molar refractivity (Wildman–Crippen MR) is 96.8 cm³/mol. The highest BCUT2D eigenvalue weighted by Crippen LogP contribution is 2.36. The lowest BCUT2D eigenvalue weighted by Crippen LogP contribution is -2.31. The van der Waals surface area contributed by atoms with E-state index in [0.29, 0.717) is 5.56 Å². The van der Waals surface area contributed by atoms with Gasteiger partial charge in [-0.05, 0) is 60.6 Å². The van der Waals surface area contributed by atoms with Crippen LogP contribution in [0, 0.1) is 6.92 Å². The number of aryl methyl sites for hydroxylation is 3. The zero-order chi connectivity index (χ0) is 20.4. The summed E-state index contributed by atoms with van der Waals surface area (Å²) < 4.78 is 71.3. The van der Waals surface area contributed by atoms with Gasteiger partial charge in [0.2, 0.25) is 0 Å². The number of fused-ring (bicyclic) bond motifs is 1. The molecule has 0 radical (unpaired) electrons. The molecule has 2 nitrogen and oxygen atoms in total. The fourth-order valence-corrected chi connectivity index (χ4v) is 3.40. The summed E-state index contributed by atoms with van der Waals surface area (Å²) in [4.78, 5) is 0. The van der Waals surface area contributed by atoms with Gasteiger partial charge < -0.3 is 10.1 Å². The van der Waals surface area contributed by atoms with Crippen molar-refractivity contribution < 1.29 is 26.7 Å². The molecule has 0 aromatic heterocycles. The third kappa shape index (κ3) is 5.22. The first-order valence-electron chi connectivity index (χ1n) is 9.14. The van der Waals surface area contributed by atoms with E-state index in [4.69, 9.17) is 0 Å². The van der Waals surface area contributed by atoms with Crippen LogP contribution in [0.15, 0.2) is 36.4 Å². The molecule has 0 bridgehead atoms. The van der Waals surface area contributed by atoms with Crippen molar-refractivity contribution in [1.29, 1.82) is 0 Å². The summed E-state index contributed by atoms with van der Waals surface area (Å²) in [5.41, 5.74) is 3.47. The van der Waals surface area contributed by atoms with Crippen LogP contribution in [-0.2, 0) is 25.3 Å². The van der Waals surface area contributed by atoms with Gasteiger partial charge in [0.25, 0.3) is 5.92 Å². The highest BCUT2D eigenvalue weighted by molar-refractivity contribution is 5.40. The minimum atomic E-state index is -4.60. The Bertz CT molecular complexity index is 832. The summed E-state index contributed by atoms with van der Waals surface area (Å²) in [6.07, 6.45) is -1.43. The van der Waals surface area contributed by atoms with Crippen molar-refractivity contribution in [2.75, 3.05) is 13.2 Å². The second-order valence-corrected chi connectivity index (χ2v) is 7.17. The van der Waals surface area contributed by atoms with E-state index in [-0.39, 0.29) is 6.54 Å². The van der Waals surface area contributed by atoms with Crippen LogP contribution in [0.25, 0.3) is 0 Å². The van der Waals surface area contributed by atoms with Gasteiger partial charge in [-0.1, -0.05) is 24.3 Å². The third-order valence-electron chi connectivity index (χ3n) is 4.76. The van der Waals surface area contributed by atoms with Crippen molar-refractivity contribution in [3.8, 4) is 5.75 Å². The maximum atomic E-state index is 14.7. The number of ether oxygens (including phenoxy) is 1. The Hall–Kier alpha value is -2.15. The Morgan fingerprint density at radius 1 is 0.964 bits per heavy atom. The molecule has 1 aliphatic rings. The van der Waals surface area contributed by atoms with Crippen molar-refractivity contribution in [3.63, 3.8) is 0 Å². The molecule has 1 aliphatic carbocycles. The average Bonchev–Trinajstić information content (AvgIpc) is 3.07. The molecule has 0 saturated carbocycles. The SMILES string of the molecule is Cc1ccc(C(F)(F)CNCc2ccc3c(c2)CCC3)c(OCC(F)(F)F)c1. The molecule has 0 atom stereocenters. The minimum Gasteiger partial charge on any atom is -0.484 e. The zero-order valence-corrected chi connectivity index (χ0v) is 15.5. The predicted octanol–water partition coefficient (Wildman–Crippen LogP) is 5.31. The molecule has 0 spiro atoms. The normalized spacial score (nSPS) is 14.2. The van der Waals surface area contributed by atoms with Crippen LogP contribution in [0.2, 0.25) is 0 Å². The van der Waals surface area contributed by atoms with Crippen LogP contribution >= 0.6 is 0 Å². The number of halogens is 5. The monoisotopic (exact) mass is 399 g/mol. The summed E-state index contributed by atoms with van der Waals surface area (Å²) in [6.45, 7) is -0.445. The molecular weight excluding hydrogens is 377 g/mol. The highest BCUT2D eigenvalue weighted by Gasteiger charge is 2.36. The van der Waals surface area contributed by atoms with Crippen molar-refractivity contribution in [2.24, 2.45) is 0 Å². The molecule has 0 saturated heterocycles. The molecule has 0 amide bonds. The second kappa shape index (κ2) is 8.07. The van der Waals surface area contributed by atoms with E-state index < -0.39 is 36.6 Å². The van der Waals surface area contributed by atoms with Crippen molar-refractivity contribution >= 4 is 0 Å². The third-order valence-corrected chi connectivity index (χ3v) is 4.76. The van der Waals surface area contributed by atoms with Crippen LogP contribution in [0.1, 0.15) is 34.2 Å². The summed E-state index contributed by atoms with van der Waals surface area (Å²) in [6, 6.07) is 9.73. The Morgan fingerprint density at radius 3 is 2.46 bits per heavy atom. The molecule has 7 heteroatoms. The lowest BCUT2D eigenvalue weighted by molar-refractivity contribution is -0.154. The van der Waals surface area contributed by atoms with Crippen molar-refractivity contribution in [1.82, 2.24) is 5.32 Å². The molecular formula is C21H22F5NO. The topological polar surface area (TPSA) is 21.3 Å². The molecule has 1 N–H and O–H groups in total. The van der Waals surface area contributed by atoms with E-state index in [9.17, 15) is 22.0 Å². The van der Waals surface area contributed by atoms with Gasteiger partial charge in [0.05, 0.1) is 12.1 Å². The molecule has 152 valence electrons. The van der Waals surface area contributed by atoms with Gasteiger partial charge in [-0.25, -0.2) is 0 Å². The maximum absolute atomic E-state index is 14.7. The number of benzene rings is 2. The Morgan fingerprint density at radius 2 is 1.71 bits per heavy atom. The van der Waals surface area contributed by atoms with E-state index >= 15 is 0 Å². The van der Waals surface area contributed by atoms with Gasteiger partial charge >= 0.3 is 6.18 Å². The molecule has 0 unspecified atom stereocenters. The summed E-state index contributed by atoms with van der Waals surface area (Å²) in [5.74, 6) is -3.81. The van der Waals surface area contributed by atoms with Crippen molar-refractivity contribution in [3.05, 3.63) is 64.2 Å². The van der Waals surface area contributed by atoms with E-state index in [1.807, 2.05) is 18.2 Å². The van der Waals surface area contributed by atoms with Crippen LogP contribution in [0.4, 0.5) is 22.0 Å². The number of rotatable bonds is 7. The maximum Gasteiger partial charge on any atom is 0.422 e. The first-order valence-corrected chi connectivity index (χ1v) is 9.14. The van der Waals surface area contributed by atoms with Gasteiger partial charge in [-0.15, -0.1) is 0 Å². The lowest BCUT2D eigenvalue weighted by atomic mass is 10.0. The number of nitrogens with one attached hydrogen (secondary N) is 1. The van der Waals surface area contributed by atoms with Gasteiger partial charge in [0.1, 0.15) is 5.75 Å². The fourth-order valence-electron chi connectivity index (χ4n) is 3.40. The number of alkyl halides is 5. The molecule has 0 aliphatic heterocycles. The van der Waals surface area contributed by atoms with Crippen LogP contribution in [0.5, 0.6) is 5.75 Å². The summed E-state index contributed by atoms with van der Waals surface area (Å²) in [5, 5.41) is 2.72. The second-order valence-electron chi connectivity index (χ2n) is 7.17. The smallest absolute Gasteiger partial charge is 0.422 e. The Kier molecular flexibility index (Phi) is 5.93. The van der Waals surface area contributed by atoms with E-state index in [0.717, 1.165) is 30.9 Å². The van der Waals surface area contributed by atoms with Gasteiger partial charge in [-0.3, -0.25) is 0 Å². The van der Waals surface area contributed by atoms with Gasteiger partial charge in [0, 0.05) is 6.54 Å².